The lowest BCUT2D eigenvalue weighted by Crippen LogP contribution is -2.11. The van der Waals surface area contributed by atoms with E-state index in [0.29, 0.717) is 11.3 Å². The van der Waals surface area contributed by atoms with Gasteiger partial charge >= 0.3 is 7.82 Å². The van der Waals surface area contributed by atoms with Gasteiger partial charge in [0.15, 0.2) is 0 Å². The van der Waals surface area contributed by atoms with Crippen molar-refractivity contribution in [2.45, 2.75) is 25.1 Å². The maximum absolute atomic E-state index is 12.0. The SMILES string of the molecule is CC(=O)Nc1nnc(S(N)(=O)=O)s1.CCOP(=O)(OCC)Oc1ccc([N+](=O)[O-])cc1. The van der Waals surface area contributed by atoms with Crippen molar-refractivity contribution in [2.75, 3.05) is 18.5 Å². The first-order valence-electron chi connectivity index (χ1n) is 8.37. The van der Waals surface area contributed by atoms with Crippen LogP contribution in [-0.2, 0) is 28.4 Å². The van der Waals surface area contributed by atoms with Crippen LogP contribution in [0.15, 0.2) is 28.6 Å². The van der Waals surface area contributed by atoms with Gasteiger partial charge in [0.05, 0.1) is 18.1 Å². The quantitative estimate of drug-likeness (QED) is 0.222. The van der Waals surface area contributed by atoms with Gasteiger partial charge in [-0.1, -0.05) is 11.3 Å². The lowest BCUT2D eigenvalue weighted by Gasteiger charge is -2.16. The summed E-state index contributed by atoms with van der Waals surface area (Å²) in [4.78, 5) is 20.4. The van der Waals surface area contributed by atoms with Crippen LogP contribution in [0.25, 0.3) is 0 Å². The van der Waals surface area contributed by atoms with Crippen molar-refractivity contribution in [3.05, 3.63) is 34.4 Å². The second-order valence-electron chi connectivity index (χ2n) is 5.22. The molecule has 0 atom stereocenters. The van der Waals surface area contributed by atoms with Gasteiger partial charge in [0, 0.05) is 19.1 Å². The fraction of sp³-hybridized carbons (Fsp3) is 0.357. The van der Waals surface area contributed by atoms with Gasteiger partial charge < -0.3 is 9.84 Å². The summed E-state index contributed by atoms with van der Waals surface area (Å²) < 4.78 is 48.1. The van der Waals surface area contributed by atoms with Crippen LogP contribution < -0.4 is 15.0 Å². The highest BCUT2D eigenvalue weighted by Gasteiger charge is 2.27. The number of amides is 1. The first-order valence-corrected chi connectivity index (χ1v) is 12.2. The highest BCUT2D eigenvalue weighted by atomic mass is 32.2. The first kappa shape index (κ1) is 26.5. The number of sulfonamides is 1. The number of phosphoric acid groups is 1. The summed E-state index contributed by atoms with van der Waals surface area (Å²) in [7, 11) is -7.47. The molecule has 0 aliphatic heterocycles. The Labute approximate surface area is 181 Å². The minimum Gasteiger partial charge on any atom is -0.404 e. The van der Waals surface area contributed by atoms with E-state index < -0.39 is 22.8 Å². The Kier molecular flexibility index (Phi) is 10.1. The molecule has 1 heterocycles. The Hall–Kier alpha value is -2.49. The van der Waals surface area contributed by atoms with Crippen LogP contribution in [0.4, 0.5) is 10.8 Å². The number of rotatable bonds is 9. The van der Waals surface area contributed by atoms with Crippen molar-refractivity contribution in [1.82, 2.24) is 10.2 Å². The molecule has 0 saturated carbocycles. The molecule has 0 unspecified atom stereocenters. The number of nitrogens with zero attached hydrogens (tertiary/aromatic N) is 3. The molecule has 1 amide bonds. The van der Waals surface area contributed by atoms with Crippen LogP contribution in [0, 0.1) is 10.1 Å². The van der Waals surface area contributed by atoms with E-state index in [-0.39, 0.29) is 40.0 Å². The number of anilines is 1. The summed E-state index contributed by atoms with van der Waals surface area (Å²) in [5, 5.41) is 24.3. The number of carbonyl (C=O) groups excluding carboxylic acids is 1. The van der Waals surface area contributed by atoms with Gasteiger partial charge in [-0.15, -0.1) is 10.2 Å². The Morgan fingerprint density at radius 3 is 2.16 bits per heavy atom. The van der Waals surface area contributed by atoms with E-state index >= 15 is 0 Å². The second-order valence-corrected chi connectivity index (χ2v) is 9.53. The highest BCUT2D eigenvalue weighted by Crippen LogP contribution is 2.49. The Bertz CT molecular complexity index is 1030. The van der Waals surface area contributed by atoms with Gasteiger partial charge in [-0.05, 0) is 26.0 Å². The predicted octanol–water partition coefficient (Wildman–Crippen LogP) is 2.30. The minimum atomic E-state index is -3.82. The number of nitro benzene ring substituents is 1. The Morgan fingerprint density at radius 2 is 1.77 bits per heavy atom. The lowest BCUT2D eigenvalue weighted by atomic mass is 10.3. The molecule has 2 rings (SSSR count). The van der Waals surface area contributed by atoms with Crippen LogP contribution in [0.5, 0.6) is 5.75 Å². The van der Waals surface area contributed by atoms with Crippen molar-refractivity contribution < 1.29 is 36.3 Å². The van der Waals surface area contributed by atoms with Crippen molar-refractivity contribution in [3.8, 4) is 5.75 Å². The third-order valence-electron chi connectivity index (χ3n) is 2.77. The van der Waals surface area contributed by atoms with Crippen LogP contribution >= 0.6 is 19.2 Å². The topological polar surface area (TPSA) is 203 Å². The molecule has 0 bridgehead atoms. The number of hydrogen-bond acceptors (Lipinski definition) is 12. The molecule has 1 aromatic carbocycles. The molecule has 0 aliphatic carbocycles. The molecule has 172 valence electrons. The average Bonchev–Trinajstić information content (AvgIpc) is 3.11. The van der Waals surface area contributed by atoms with E-state index in [1.807, 2.05) is 0 Å². The maximum Gasteiger partial charge on any atom is 0.530 e. The molecule has 0 aliphatic rings. The number of nitrogens with two attached hydrogens (primary N) is 1. The van der Waals surface area contributed by atoms with Crippen LogP contribution in [0.3, 0.4) is 0 Å². The molecule has 31 heavy (non-hydrogen) atoms. The smallest absolute Gasteiger partial charge is 0.404 e. The fourth-order valence-electron chi connectivity index (χ4n) is 1.69. The normalized spacial score (nSPS) is 11.2. The molecule has 0 radical (unpaired) electrons. The molecule has 0 spiro atoms. The largest absolute Gasteiger partial charge is 0.530 e. The summed E-state index contributed by atoms with van der Waals surface area (Å²) in [5.74, 6) is -0.164. The van der Waals surface area contributed by atoms with E-state index in [2.05, 4.69) is 15.5 Å². The maximum atomic E-state index is 12.0. The minimum absolute atomic E-state index is 0.0787. The van der Waals surface area contributed by atoms with Gasteiger partial charge in [-0.3, -0.25) is 24.0 Å². The molecule has 14 nitrogen and oxygen atoms in total. The number of primary sulfonamides is 1. The summed E-state index contributed by atoms with van der Waals surface area (Å²) in [6.07, 6.45) is 0. The van der Waals surface area contributed by atoms with Crippen LogP contribution in [0.1, 0.15) is 20.8 Å². The molecule has 2 aromatic rings. The third kappa shape index (κ3) is 9.46. The molecular weight excluding hydrogens is 477 g/mol. The summed E-state index contributed by atoms with van der Waals surface area (Å²) in [5.41, 5.74) is -0.0787. The van der Waals surface area contributed by atoms with Gasteiger partial charge in [-0.2, -0.15) is 0 Å². The number of benzene rings is 1. The van der Waals surface area contributed by atoms with Crippen LogP contribution in [-0.4, -0.2) is 42.7 Å². The molecule has 17 heteroatoms. The summed E-state index contributed by atoms with van der Waals surface area (Å²) in [6, 6.07) is 5.17. The number of non-ortho nitro benzene ring substituents is 1. The van der Waals surface area contributed by atoms with E-state index in [1.54, 1.807) is 13.8 Å². The van der Waals surface area contributed by atoms with Crippen molar-refractivity contribution in [2.24, 2.45) is 5.14 Å². The number of aromatic nitrogens is 2. The number of nitro groups is 1. The molecular formula is C14H20N5O9PS2. The molecule has 0 saturated heterocycles. The average molecular weight is 497 g/mol. The standard InChI is InChI=1S/C10H14NO6P.C4H6N4O3S2/c1-3-15-18(14,16-4-2)17-10-7-5-9(6-8-10)11(12)13;1-2(9)6-3-7-8-4(12-3)13(5,10)11/h5-8H,3-4H2,1-2H3;1H3,(H2,5,10,11)(H,6,7,9). The zero-order valence-corrected chi connectivity index (χ0v) is 19.1. The van der Waals surface area contributed by atoms with Gasteiger partial charge in [0.1, 0.15) is 5.75 Å². The Balaban J connectivity index is 0.000000327. The zero-order valence-electron chi connectivity index (χ0n) is 16.6. The fourth-order valence-corrected chi connectivity index (χ4v) is 4.26. The molecule has 3 N–H and O–H groups in total. The number of phosphoric ester groups is 1. The van der Waals surface area contributed by atoms with Crippen LogP contribution in [0.2, 0.25) is 0 Å². The van der Waals surface area contributed by atoms with E-state index in [1.165, 1.54) is 31.2 Å². The molecule has 1 aromatic heterocycles. The van der Waals surface area contributed by atoms with Crippen molar-refractivity contribution in [3.63, 3.8) is 0 Å². The van der Waals surface area contributed by atoms with Gasteiger partial charge in [0.25, 0.3) is 15.7 Å². The number of carbonyl (C=O) groups is 1. The first-order chi connectivity index (χ1) is 14.4. The van der Waals surface area contributed by atoms with Crippen molar-refractivity contribution >= 4 is 45.9 Å². The number of nitrogens with one attached hydrogen (secondary N) is 1. The lowest BCUT2D eigenvalue weighted by molar-refractivity contribution is -0.384. The van der Waals surface area contributed by atoms with E-state index in [4.69, 9.17) is 18.7 Å². The number of hydrogen-bond donors (Lipinski definition) is 2. The zero-order chi connectivity index (χ0) is 23.7. The van der Waals surface area contributed by atoms with Gasteiger partial charge in [0.2, 0.25) is 15.4 Å². The Morgan fingerprint density at radius 1 is 1.23 bits per heavy atom. The monoisotopic (exact) mass is 497 g/mol. The van der Waals surface area contributed by atoms with Crippen molar-refractivity contribution in [1.29, 1.82) is 0 Å². The summed E-state index contributed by atoms with van der Waals surface area (Å²) >= 11 is 0.701. The summed E-state index contributed by atoms with van der Waals surface area (Å²) in [6.45, 7) is 4.93. The van der Waals surface area contributed by atoms with Gasteiger partial charge in [-0.25, -0.2) is 18.1 Å². The highest BCUT2D eigenvalue weighted by molar-refractivity contribution is 7.91. The molecule has 0 fully saturated rings. The predicted molar refractivity (Wildman–Crippen MR) is 110 cm³/mol. The second kappa shape index (κ2) is 11.8. The van der Waals surface area contributed by atoms with E-state index in [9.17, 15) is 27.9 Å². The van der Waals surface area contributed by atoms with E-state index in [0.717, 1.165) is 0 Å². The third-order valence-corrected chi connectivity index (χ3v) is 6.50.